The van der Waals surface area contributed by atoms with Gasteiger partial charge in [-0.1, -0.05) is 0 Å². The summed E-state index contributed by atoms with van der Waals surface area (Å²) in [4.78, 5) is 58.5. The van der Waals surface area contributed by atoms with Gasteiger partial charge >= 0.3 is 5.97 Å². The number of aryl methyl sites for hydroxylation is 2. The molecule has 2 saturated heterocycles. The number of rotatable bonds is 9. The molecule has 8 aromatic heterocycles. The number of carbonyl (C=O) groups is 2. The molecule has 2 aliphatic heterocycles. The van der Waals surface area contributed by atoms with Crippen LogP contribution in [0.3, 0.4) is 0 Å². The standard InChI is InChI=1S/C21H21N7O3.C16H12N6O3.C5H11NO/c1-12-8-24-15-3-2-14(10-28(12)15)16-17(21-23-5-7-31-21)27-19(22)18(26-16)20(29)25-9-13-4-6-30-11-13;1-8-6-19-10-3-2-9(7-22(8)10)11-12(15-18-4-5-25-15)21-14(17)13(20-11)16(23)24;6-3-5-1-2-7-4-5/h2-3,5,7-8,10,13H,4,6,9,11H2,1H3,(H2,22,27)(H,25,29);2-7H,1H3,(H2,17,21)(H,23,24);5H,1-4,6H2/t13-;;5-/m1.1/s1. The first-order valence-electron chi connectivity index (χ1n) is 20.0. The fraction of sp³-hybridized carbons (Fsp3) is 0.286. The summed E-state index contributed by atoms with van der Waals surface area (Å²) < 4.78 is 25.0. The molecule has 8 N–H and O–H groups in total. The number of nitrogens with zero attached hydrogens (tertiary/aromatic N) is 10. The first-order valence-corrected chi connectivity index (χ1v) is 20.0. The number of hydrogen-bond acceptors (Lipinski definition) is 17. The Balaban J connectivity index is 0.000000152. The highest BCUT2D eigenvalue weighted by molar-refractivity contribution is 5.98. The van der Waals surface area contributed by atoms with E-state index in [2.05, 4.69) is 45.2 Å². The van der Waals surface area contributed by atoms with Crippen LogP contribution < -0.4 is 22.5 Å². The Morgan fingerprint density at radius 2 is 1.22 bits per heavy atom. The lowest BCUT2D eigenvalue weighted by molar-refractivity contribution is 0.0691. The van der Waals surface area contributed by atoms with Crippen LogP contribution in [-0.2, 0) is 9.47 Å². The van der Waals surface area contributed by atoms with E-state index < -0.39 is 5.97 Å². The zero-order valence-corrected chi connectivity index (χ0v) is 34.3. The largest absolute Gasteiger partial charge is 0.476 e. The minimum atomic E-state index is -1.26. The van der Waals surface area contributed by atoms with Gasteiger partial charge in [0.2, 0.25) is 11.8 Å². The Kier molecular flexibility index (Phi) is 12.4. The normalized spacial score (nSPS) is 15.8. The first-order chi connectivity index (χ1) is 30.6. The molecule has 0 aromatic carbocycles. The lowest BCUT2D eigenvalue weighted by Crippen LogP contribution is -2.31. The fourth-order valence-corrected chi connectivity index (χ4v) is 6.92. The lowest BCUT2D eigenvalue weighted by atomic mass is 10.1. The number of oxazole rings is 2. The molecule has 0 saturated carbocycles. The molecule has 21 heteroatoms. The summed E-state index contributed by atoms with van der Waals surface area (Å²) in [5.74, 6) is -0.417. The van der Waals surface area contributed by atoms with Crippen molar-refractivity contribution >= 4 is 34.8 Å². The van der Waals surface area contributed by atoms with Crippen molar-refractivity contribution < 1.29 is 33.0 Å². The number of ether oxygens (including phenoxy) is 2. The quantitative estimate of drug-likeness (QED) is 0.136. The first kappa shape index (κ1) is 42.1. The van der Waals surface area contributed by atoms with Gasteiger partial charge in [-0.15, -0.1) is 0 Å². The second kappa shape index (κ2) is 18.6. The number of nitrogens with one attached hydrogen (secondary N) is 1. The average molecular weight is 857 g/mol. The van der Waals surface area contributed by atoms with Gasteiger partial charge in [-0.25, -0.2) is 44.7 Å². The summed E-state index contributed by atoms with van der Waals surface area (Å²) in [5.41, 5.74) is 23.2. The minimum Gasteiger partial charge on any atom is -0.476 e. The Bertz CT molecular complexity index is 2860. The zero-order valence-electron chi connectivity index (χ0n) is 34.3. The van der Waals surface area contributed by atoms with Crippen LogP contribution in [0.15, 0.2) is 82.8 Å². The zero-order chi connectivity index (χ0) is 44.0. The predicted molar refractivity (Wildman–Crippen MR) is 228 cm³/mol. The second-order valence-corrected chi connectivity index (χ2v) is 14.8. The molecule has 10 rings (SSSR count). The summed E-state index contributed by atoms with van der Waals surface area (Å²) in [6.45, 7) is 8.32. The monoisotopic (exact) mass is 856 g/mol. The van der Waals surface area contributed by atoms with Crippen LogP contribution in [0.4, 0.5) is 11.6 Å². The van der Waals surface area contributed by atoms with E-state index in [9.17, 15) is 14.7 Å². The van der Waals surface area contributed by atoms with E-state index in [1.54, 1.807) is 30.7 Å². The van der Waals surface area contributed by atoms with E-state index >= 15 is 0 Å². The van der Waals surface area contributed by atoms with Gasteiger partial charge in [0, 0.05) is 73.0 Å². The third kappa shape index (κ3) is 9.20. The van der Waals surface area contributed by atoms with E-state index in [0.717, 1.165) is 60.8 Å². The molecule has 63 heavy (non-hydrogen) atoms. The van der Waals surface area contributed by atoms with Gasteiger partial charge in [-0.2, -0.15) is 0 Å². The number of anilines is 2. The van der Waals surface area contributed by atoms with Gasteiger partial charge in [0.05, 0.1) is 25.6 Å². The van der Waals surface area contributed by atoms with Crippen LogP contribution in [0.25, 0.3) is 57.0 Å². The second-order valence-electron chi connectivity index (χ2n) is 14.8. The fourth-order valence-electron chi connectivity index (χ4n) is 6.92. The molecule has 0 radical (unpaired) electrons. The van der Waals surface area contributed by atoms with Gasteiger partial charge in [0.1, 0.15) is 35.2 Å². The molecule has 2 fully saturated rings. The number of carboxylic acids is 1. The van der Waals surface area contributed by atoms with Crippen LogP contribution in [0.2, 0.25) is 0 Å². The Morgan fingerprint density at radius 3 is 1.67 bits per heavy atom. The summed E-state index contributed by atoms with van der Waals surface area (Å²) >= 11 is 0. The van der Waals surface area contributed by atoms with Crippen molar-refractivity contribution in [1.29, 1.82) is 0 Å². The van der Waals surface area contributed by atoms with Crippen LogP contribution in [0.1, 0.15) is 45.2 Å². The molecular formula is C42H44N14O7. The lowest BCUT2D eigenvalue weighted by Gasteiger charge is -2.13. The van der Waals surface area contributed by atoms with E-state index in [4.69, 9.17) is 35.5 Å². The Morgan fingerprint density at radius 1 is 0.714 bits per heavy atom. The maximum Gasteiger partial charge on any atom is 0.358 e. The van der Waals surface area contributed by atoms with Gasteiger partial charge in [-0.05, 0) is 63.4 Å². The molecule has 0 bridgehead atoms. The number of imidazole rings is 2. The number of pyridine rings is 2. The van der Waals surface area contributed by atoms with Crippen LogP contribution in [0, 0.1) is 25.7 Å². The number of aromatic nitrogens is 10. The minimum absolute atomic E-state index is 0.0111. The molecule has 21 nitrogen and oxygen atoms in total. The van der Waals surface area contributed by atoms with Crippen molar-refractivity contribution in [1.82, 2.24) is 54.0 Å². The van der Waals surface area contributed by atoms with Gasteiger partial charge in [0.15, 0.2) is 34.4 Å². The van der Waals surface area contributed by atoms with Crippen LogP contribution in [0.5, 0.6) is 0 Å². The smallest absolute Gasteiger partial charge is 0.358 e. The number of amides is 1. The van der Waals surface area contributed by atoms with E-state index in [-0.39, 0.29) is 52.3 Å². The SMILES string of the molecule is Cc1cnc2ccc(-c3nc(C(=O)NC[C@H]4CCOC4)c(N)nc3-c3ncco3)cn12.Cc1cnc2ccc(-c3nc(C(=O)O)c(N)nc3-c3ncco3)cn12.NC[C@H]1CCOC1. The molecule has 324 valence electrons. The summed E-state index contributed by atoms with van der Waals surface area (Å²) in [6.07, 6.45) is 15.1. The van der Waals surface area contributed by atoms with Crippen molar-refractivity contribution in [2.24, 2.45) is 17.6 Å². The third-order valence-corrected chi connectivity index (χ3v) is 10.4. The highest BCUT2D eigenvalue weighted by Crippen LogP contribution is 2.32. The number of aromatic carboxylic acids is 1. The molecule has 10 heterocycles. The van der Waals surface area contributed by atoms with Crippen molar-refractivity contribution in [3.8, 4) is 45.7 Å². The van der Waals surface area contributed by atoms with Crippen LogP contribution >= 0.6 is 0 Å². The number of carboxylic acid groups (broad SMARTS) is 1. The molecule has 0 aliphatic carbocycles. The third-order valence-electron chi connectivity index (χ3n) is 10.4. The Hall–Kier alpha value is -7.62. The van der Waals surface area contributed by atoms with Crippen molar-refractivity contribution in [2.75, 3.05) is 51.0 Å². The van der Waals surface area contributed by atoms with Gasteiger partial charge < -0.3 is 54.7 Å². The number of carbonyl (C=O) groups excluding carboxylic acids is 1. The molecule has 2 atom stereocenters. The number of fused-ring (bicyclic) bond motifs is 2. The van der Waals surface area contributed by atoms with Crippen molar-refractivity contribution in [3.63, 3.8) is 0 Å². The average Bonchev–Trinajstić information content (AvgIpc) is 4.16. The number of hydrogen-bond donors (Lipinski definition) is 5. The van der Waals surface area contributed by atoms with Crippen LogP contribution in [-0.4, -0.2) is 105 Å². The topological polar surface area (TPSA) is 301 Å². The maximum atomic E-state index is 12.8. The number of nitrogen functional groups attached to an aromatic ring is 2. The van der Waals surface area contributed by atoms with E-state index in [1.807, 2.05) is 41.0 Å². The van der Waals surface area contributed by atoms with Crippen molar-refractivity contribution in [3.05, 3.63) is 96.7 Å². The Labute approximate surface area is 358 Å². The van der Waals surface area contributed by atoms with Gasteiger partial charge in [0.25, 0.3) is 5.91 Å². The molecule has 1 amide bonds. The maximum absolute atomic E-state index is 12.8. The molecule has 2 aliphatic rings. The summed E-state index contributed by atoms with van der Waals surface area (Å²) in [7, 11) is 0. The predicted octanol–water partition coefficient (Wildman–Crippen LogP) is 4.12. The molecular weight excluding hydrogens is 813 g/mol. The highest BCUT2D eigenvalue weighted by atomic mass is 16.5. The van der Waals surface area contributed by atoms with E-state index in [1.165, 1.54) is 24.9 Å². The summed E-state index contributed by atoms with van der Waals surface area (Å²) in [6, 6.07) is 7.33. The van der Waals surface area contributed by atoms with Gasteiger partial charge in [-0.3, -0.25) is 4.79 Å². The van der Waals surface area contributed by atoms with E-state index in [0.29, 0.717) is 48.3 Å². The highest BCUT2D eigenvalue weighted by Gasteiger charge is 2.25. The molecule has 0 unspecified atom stereocenters. The van der Waals surface area contributed by atoms with Crippen molar-refractivity contribution in [2.45, 2.75) is 26.7 Å². The summed E-state index contributed by atoms with van der Waals surface area (Å²) in [5, 5.41) is 12.2. The molecule has 0 spiro atoms. The number of nitrogens with two attached hydrogens (primary N) is 3. The molecule has 8 aromatic rings.